The lowest BCUT2D eigenvalue weighted by Crippen LogP contribution is -2.24. The molecule has 0 aliphatic carbocycles. The zero-order valence-corrected chi connectivity index (χ0v) is 20.2. The van der Waals surface area contributed by atoms with E-state index in [-0.39, 0.29) is 33.1 Å². The molecule has 33 heavy (non-hydrogen) atoms. The molecule has 0 aliphatic rings. The number of sulfonamides is 1. The summed E-state index contributed by atoms with van der Waals surface area (Å²) in [5.41, 5.74) is 1.62. The SMILES string of the molecule is CN(CCOc1ncc(NS(=O)(=O)c2ccc(Cl)cc2Cl)cc1Cl)c1nc2ccccc2o1. The highest BCUT2D eigenvalue weighted by atomic mass is 35.5. The summed E-state index contributed by atoms with van der Waals surface area (Å²) in [7, 11) is -2.14. The number of anilines is 2. The van der Waals surface area contributed by atoms with Gasteiger partial charge in [-0.3, -0.25) is 4.72 Å². The van der Waals surface area contributed by atoms with Crippen molar-refractivity contribution in [2.24, 2.45) is 0 Å². The number of nitrogens with one attached hydrogen (secondary N) is 1. The molecule has 4 aromatic rings. The van der Waals surface area contributed by atoms with Crippen LogP contribution in [0.5, 0.6) is 5.88 Å². The molecule has 0 bridgehead atoms. The predicted octanol–water partition coefficient (Wildman–Crippen LogP) is 5.50. The number of para-hydroxylation sites is 2. The summed E-state index contributed by atoms with van der Waals surface area (Å²) in [6.07, 6.45) is 1.30. The number of nitrogens with zero attached hydrogens (tertiary/aromatic N) is 3. The van der Waals surface area contributed by atoms with Crippen LogP contribution in [0.25, 0.3) is 11.1 Å². The summed E-state index contributed by atoms with van der Waals surface area (Å²) < 4.78 is 39.0. The molecule has 8 nitrogen and oxygen atoms in total. The van der Waals surface area contributed by atoms with E-state index in [1.807, 2.05) is 31.3 Å². The van der Waals surface area contributed by atoms with Crippen molar-refractivity contribution in [1.29, 1.82) is 0 Å². The zero-order chi connectivity index (χ0) is 23.6. The number of aromatic nitrogens is 2. The van der Waals surface area contributed by atoms with Gasteiger partial charge in [0.05, 0.1) is 23.5 Å². The minimum absolute atomic E-state index is 0.00271. The van der Waals surface area contributed by atoms with Crippen LogP contribution in [0.2, 0.25) is 15.1 Å². The number of ether oxygens (including phenoxy) is 1. The van der Waals surface area contributed by atoms with Crippen molar-refractivity contribution in [3.8, 4) is 5.88 Å². The second-order valence-corrected chi connectivity index (χ2v) is 9.83. The van der Waals surface area contributed by atoms with E-state index < -0.39 is 10.0 Å². The summed E-state index contributed by atoms with van der Waals surface area (Å²) in [5.74, 6) is 0.162. The lowest BCUT2D eigenvalue weighted by atomic mass is 10.3. The molecule has 12 heteroatoms. The highest BCUT2D eigenvalue weighted by Crippen LogP contribution is 2.29. The summed E-state index contributed by atoms with van der Waals surface area (Å²) in [6, 6.07) is 13.4. The van der Waals surface area contributed by atoms with E-state index in [4.69, 9.17) is 44.0 Å². The third-order valence-electron chi connectivity index (χ3n) is 4.52. The van der Waals surface area contributed by atoms with Crippen LogP contribution >= 0.6 is 34.8 Å². The van der Waals surface area contributed by atoms with Crippen LogP contribution in [0.4, 0.5) is 11.7 Å². The van der Waals surface area contributed by atoms with Crippen LogP contribution in [0.1, 0.15) is 0 Å². The van der Waals surface area contributed by atoms with Gasteiger partial charge in [-0.05, 0) is 36.4 Å². The minimum atomic E-state index is -3.96. The Balaban J connectivity index is 1.38. The summed E-state index contributed by atoms with van der Waals surface area (Å²) in [4.78, 5) is 10.2. The summed E-state index contributed by atoms with van der Waals surface area (Å²) in [5, 5.41) is 0.464. The fourth-order valence-electron chi connectivity index (χ4n) is 2.89. The Morgan fingerprint density at radius 3 is 2.61 bits per heavy atom. The number of halogens is 3. The Bertz CT molecular complexity index is 1380. The first-order valence-corrected chi connectivity index (χ1v) is 12.2. The third-order valence-corrected chi connectivity index (χ3v) is 6.89. The second kappa shape index (κ2) is 9.64. The molecule has 0 fully saturated rings. The standard InChI is InChI=1S/C21H17Cl3N4O4S/c1-28(21-26-17-4-2-3-5-18(17)32-21)8-9-31-20-16(24)11-14(12-25-20)27-33(29,30)19-7-6-13(22)10-15(19)23/h2-7,10-12,27H,8-9H2,1H3. The fraction of sp³-hybridized carbons (Fsp3) is 0.143. The smallest absolute Gasteiger partial charge is 0.298 e. The quantitative estimate of drug-likeness (QED) is 0.323. The van der Waals surface area contributed by atoms with Gasteiger partial charge in [0.25, 0.3) is 16.0 Å². The molecule has 0 atom stereocenters. The molecule has 0 amide bonds. The lowest BCUT2D eigenvalue weighted by Gasteiger charge is -2.15. The molecule has 0 saturated carbocycles. The number of hydrogen-bond acceptors (Lipinski definition) is 7. The molecule has 2 aromatic carbocycles. The predicted molar refractivity (Wildman–Crippen MR) is 129 cm³/mol. The molecule has 2 heterocycles. The molecule has 0 spiro atoms. The van der Waals surface area contributed by atoms with E-state index in [2.05, 4.69) is 14.7 Å². The number of hydrogen-bond donors (Lipinski definition) is 1. The van der Waals surface area contributed by atoms with E-state index in [0.29, 0.717) is 23.2 Å². The van der Waals surface area contributed by atoms with Crippen molar-refractivity contribution in [1.82, 2.24) is 9.97 Å². The van der Waals surface area contributed by atoms with E-state index >= 15 is 0 Å². The first-order valence-electron chi connectivity index (χ1n) is 9.56. The number of oxazole rings is 1. The Kier molecular flexibility index (Phi) is 6.85. The molecule has 2 aromatic heterocycles. The highest BCUT2D eigenvalue weighted by Gasteiger charge is 2.19. The molecule has 1 N–H and O–H groups in total. The molecule has 0 saturated heterocycles. The van der Waals surface area contributed by atoms with Gasteiger partial charge in [0.1, 0.15) is 22.0 Å². The average Bonchev–Trinajstić information content (AvgIpc) is 3.19. The maximum atomic E-state index is 12.6. The van der Waals surface area contributed by atoms with Gasteiger partial charge in [0.15, 0.2) is 5.58 Å². The monoisotopic (exact) mass is 526 g/mol. The summed E-state index contributed by atoms with van der Waals surface area (Å²) >= 11 is 18.1. The normalized spacial score (nSPS) is 11.5. The fourth-order valence-corrected chi connectivity index (χ4v) is 4.92. The van der Waals surface area contributed by atoms with Crippen molar-refractivity contribution in [3.63, 3.8) is 0 Å². The number of rotatable bonds is 8. The van der Waals surface area contributed by atoms with Crippen molar-refractivity contribution >= 4 is 67.6 Å². The average molecular weight is 528 g/mol. The Morgan fingerprint density at radius 1 is 1.09 bits per heavy atom. The molecule has 172 valence electrons. The van der Waals surface area contributed by atoms with E-state index in [9.17, 15) is 8.42 Å². The van der Waals surface area contributed by atoms with Crippen LogP contribution in [0, 0.1) is 0 Å². The van der Waals surface area contributed by atoms with E-state index in [1.54, 1.807) is 4.90 Å². The summed E-state index contributed by atoms with van der Waals surface area (Å²) in [6.45, 7) is 0.696. The van der Waals surface area contributed by atoms with Gasteiger partial charge in [-0.15, -0.1) is 0 Å². The van der Waals surface area contributed by atoms with Gasteiger partial charge in [-0.25, -0.2) is 13.4 Å². The largest absolute Gasteiger partial charge is 0.475 e. The van der Waals surface area contributed by atoms with Crippen molar-refractivity contribution in [2.75, 3.05) is 29.8 Å². The number of fused-ring (bicyclic) bond motifs is 1. The molecule has 4 rings (SSSR count). The third kappa shape index (κ3) is 5.44. The van der Waals surface area contributed by atoms with E-state index in [1.165, 1.54) is 30.5 Å². The van der Waals surface area contributed by atoms with Crippen LogP contribution < -0.4 is 14.4 Å². The molecular formula is C21H17Cl3N4O4S. The minimum Gasteiger partial charge on any atom is -0.475 e. The first kappa shape index (κ1) is 23.4. The molecular weight excluding hydrogens is 511 g/mol. The van der Waals surface area contributed by atoms with Gasteiger partial charge in [-0.1, -0.05) is 46.9 Å². The van der Waals surface area contributed by atoms with Gasteiger partial charge in [-0.2, -0.15) is 4.98 Å². The van der Waals surface area contributed by atoms with E-state index in [0.717, 1.165) is 5.52 Å². The first-order chi connectivity index (χ1) is 15.7. The van der Waals surface area contributed by atoms with Crippen molar-refractivity contribution in [3.05, 3.63) is 69.8 Å². The Labute approximate surface area is 205 Å². The van der Waals surface area contributed by atoms with Gasteiger partial charge in [0.2, 0.25) is 5.88 Å². The van der Waals surface area contributed by atoms with Crippen LogP contribution in [-0.4, -0.2) is 38.6 Å². The van der Waals surface area contributed by atoms with Gasteiger partial charge in [0, 0.05) is 12.1 Å². The Morgan fingerprint density at radius 2 is 1.88 bits per heavy atom. The highest BCUT2D eigenvalue weighted by molar-refractivity contribution is 7.92. The van der Waals surface area contributed by atoms with Crippen molar-refractivity contribution in [2.45, 2.75) is 4.90 Å². The van der Waals surface area contributed by atoms with Gasteiger partial charge < -0.3 is 14.1 Å². The number of pyridine rings is 1. The number of likely N-dealkylation sites (N-methyl/N-ethyl adjacent to an activating group) is 1. The van der Waals surface area contributed by atoms with Crippen LogP contribution in [-0.2, 0) is 10.0 Å². The van der Waals surface area contributed by atoms with Crippen LogP contribution in [0.3, 0.4) is 0 Å². The maximum Gasteiger partial charge on any atom is 0.298 e. The molecule has 0 aliphatic heterocycles. The van der Waals surface area contributed by atoms with Gasteiger partial charge >= 0.3 is 0 Å². The number of benzene rings is 2. The second-order valence-electron chi connectivity index (χ2n) is 6.93. The Hall–Kier alpha value is -2.72. The molecule has 0 unspecified atom stereocenters. The zero-order valence-electron chi connectivity index (χ0n) is 17.1. The lowest BCUT2D eigenvalue weighted by molar-refractivity contribution is 0.311. The van der Waals surface area contributed by atoms with Crippen molar-refractivity contribution < 1.29 is 17.6 Å². The van der Waals surface area contributed by atoms with Crippen LogP contribution in [0.15, 0.2) is 64.0 Å². The topological polar surface area (TPSA) is 97.6 Å². The maximum absolute atomic E-state index is 12.6. The molecule has 0 radical (unpaired) electrons.